The van der Waals surface area contributed by atoms with E-state index in [0.29, 0.717) is 23.7 Å². The molecule has 0 fully saturated rings. The van der Waals surface area contributed by atoms with Gasteiger partial charge in [-0.25, -0.2) is 4.79 Å². The monoisotopic (exact) mass is 367 g/mol. The summed E-state index contributed by atoms with van der Waals surface area (Å²) >= 11 is 9.57. The minimum absolute atomic E-state index is 0.306. The van der Waals surface area contributed by atoms with Crippen LogP contribution in [0.15, 0.2) is 46.9 Å². The molecule has 0 aliphatic rings. The molecule has 0 bridgehead atoms. The number of ether oxygens (including phenoxy) is 1. The van der Waals surface area contributed by atoms with Crippen LogP contribution in [0.2, 0.25) is 5.02 Å². The largest absolute Gasteiger partial charge is 0.462 e. The number of anilines is 1. The summed E-state index contributed by atoms with van der Waals surface area (Å²) in [4.78, 5) is 11.6. The summed E-state index contributed by atoms with van der Waals surface area (Å²) in [6.07, 6.45) is 0. The summed E-state index contributed by atoms with van der Waals surface area (Å²) in [7, 11) is 0. The molecule has 0 unspecified atom stereocenters. The second kappa shape index (κ2) is 7.48. The summed E-state index contributed by atoms with van der Waals surface area (Å²) in [6.45, 7) is 2.77. The highest BCUT2D eigenvalue weighted by Crippen LogP contribution is 2.22. The minimum atomic E-state index is -0.306. The van der Waals surface area contributed by atoms with E-state index in [4.69, 9.17) is 16.3 Å². The van der Waals surface area contributed by atoms with Crippen LogP contribution in [0.4, 0.5) is 5.69 Å². The van der Waals surface area contributed by atoms with Gasteiger partial charge in [-0.3, -0.25) is 0 Å². The number of rotatable bonds is 5. The van der Waals surface area contributed by atoms with Gasteiger partial charge in [-0.2, -0.15) is 0 Å². The predicted octanol–water partition coefficient (Wildman–Crippen LogP) is 4.89. The van der Waals surface area contributed by atoms with Gasteiger partial charge in [0.2, 0.25) is 0 Å². The van der Waals surface area contributed by atoms with Crippen LogP contribution in [-0.2, 0) is 11.3 Å². The van der Waals surface area contributed by atoms with Gasteiger partial charge in [0, 0.05) is 21.7 Å². The van der Waals surface area contributed by atoms with E-state index in [9.17, 15) is 4.79 Å². The fraction of sp³-hybridized carbons (Fsp3) is 0.188. The lowest BCUT2D eigenvalue weighted by atomic mass is 10.2. The molecule has 110 valence electrons. The Morgan fingerprint density at radius 1 is 1.24 bits per heavy atom. The van der Waals surface area contributed by atoms with Gasteiger partial charge in [0.25, 0.3) is 0 Å². The maximum atomic E-state index is 11.6. The molecule has 0 heterocycles. The lowest BCUT2D eigenvalue weighted by Gasteiger charge is -2.09. The fourth-order valence-electron chi connectivity index (χ4n) is 1.81. The number of hydrogen-bond acceptors (Lipinski definition) is 3. The first kappa shape index (κ1) is 15.9. The highest BCUT2D eigenvalue weighted by Gasteiger charge is 2.06. The number of carbonyl (C=O) groups excluding carboxylic acids is 1. The standard InChI is InChI=1S/C16H15BrClNO2/c1-2-21-16(20)11-3-6-14(7-4-11)19-10-12-9-13(17)5-8-15(12)18/h3-9,19H,2,10H2,1H3. The molecule has 0 aliphatic heterocycles. The summed E-state index contributed by atoms with van der Waals surface area (Å²) in [6, 6.07) is 12.9. The third kappa shape index (κ3) is 4.48. The summed E-state index contributed by atoms with van der Waals surface area (Å²) in [5, 5.41) is 3.99. The molecule has 2 aromatic carbocycles. The Bertz CT molecular complexity index is 629. The van der Waals surface area contributed by atoms with Crippen molar-refractivity contribution in [3.63, 3.8) is 0 Å². The number of hydrogen-bond donors (Lipinski definition) is 1. The van der Waals surface area contributed by atoms with Gasteiger partial charge in [0.1, 0.15) is 0 Å². The van der Waals surface area contributed by atoms with E-state index in [2.05, 4.69) is 21.2 Å². The molecule has 21 heavy (non-hydrogen) atoms. The molecule has 0 radical (unpaired) electrons. The van der Waals surface area contributed by atoms with Crippen molar-refractivity contribution >= 4 is 39.2 Å². The van der Waals surface area contributed by atoms with Crippen LogP contribution >= 0.6 is 27.5 Å². The Morgan fingerprint density at radius 2 is 1.95 bits per heavy atom. The first-order valence-corrected chi connectivity index (χ1v) is 7.72. The van der Waals surface area contributed by atoms with Gasteiger partial charge in [0.05, 0.1) is 12.2 Å². The Labute approximate surface area is 137 Å². The van der Waals surface area contributed by atoms with E-state index in [-0.39, 0.29) is 5.97 Å². The van der Waals surface area contributed by atoms with Crippen molar-refractivity contribution in [3.8, 4) is 0 Å². The van der Waals surface area contributed by atoms with Crippen LogP contribution in [-0.4, -0.2) is 12.6 Å². The van der Waals surface area contributed by atoms with E-state index in [0.717, 1.165) is 15.7 Å². The number of benzene rings is 2. The van der Waals surface area contributed by atoms with E-state index in [1.54, 1.807) is 19.1 Å². The average molecular weight is 369 g/mol. The molecule has 0 aliphatic carbocycles. The Balaban J connectivity index is 2.00. The second-order valence-electron chi connectivity index (χ2n) is 4.39. The van der Waals surface area contributed by atoms with Crippen LogP contribution < -0.4 is 5.32 Å². The molecule has 0 aromatic heterocycles. The molecule has 0 saturated heterocycles. The Morgan fingerprint density at radius 3 is 2.62 bits per heavy atom. The van der Waals surface area contributed by atoms with Crippen molar-refractivity contribution in [2.45, 2.75) is 13.5 Å². The molecule has 0 spiro atoms. The van der Waals surface area contributed by atoms with Crippen molar-refractivity contribution in [2.24, 2.45) is 0 Å². The molecule has 5 heteroatoms. The van der Waals surface area contributed by atoms with Gasteiger partial charge in [0.15, 0.2) is 0 Å². The average Bonchev–Trinajstić information content (AvgIpc) is 2.49. The zero-order valence-corrected chi connectivity index (χ0v) is 13.9. The molecule has 2 rings (SSSR count). The number of halogens is 2. The topological polar surface area (TPSA) is 38.3 Å². The predicted molar refractivity (Wildman–Crippen MR) is 88.9 cm³/mol. The van der Waals surface area contributed by atoms with Crippen molar-refractivity contribution < 1.29 is 9.53 Å². The third-order valence-corrected chi connectivity index (χ3v) is 3.75. The lowest BCUT2D eigenvalue weighted by molar-refractivity contribution is 0.0526. The molecule has 0 amide bonds. The van der Waals surface area contributed by atoms with Gasteiger partial charge >= 0.3 is 5.97 Å². The fourth-order valence-corrected chi connectivity index (χ4v) is 2.41. The normalized spacial score (nSPS) is 10.2. The highest BCUT2D eigenvalue weighted by molar-refractivity contribution is 9.10. The van der Waals surface area contributed by atoms with Gasteiger partial charge in [-0.1, -0.05) is 27.5 Å². The molecule has 1 N–H and O–H groups in total. The van der Waals surface area contributed by atoms with E-state index >= 15 is 0 Å². The number of nitrogens with one attached hydrogen (secondary N) is 1. The first-order valence-electron chi connectivity index (χ1n) is 6.55. The highest BCUT2D eigenvalue weighted by atomic mass is 79.9. The second-order valence-corrected chi connectivity index (χ2v) is 5.71. The zero-order valence-electron chi connectivity index (χ0n) is 11.5. The summed E-state index contributed by atoms with van der Waals surface area (Å²) in [5.74, 6) is -0.306. The van der Waals surface area contributed by atoms with Crippen molar-refractivity contribution in [2.75, 3.05) is 11.9 Å². The quantitative estimate of drug-likeness (QED) is 0.764. The maximum absolute atomic E-state index is 11.6. The molecule has 0 saturated carbocycles. The molecule has 0 atom stereocenters. The van der Waals surface area contributed by atoms with Crippen LogP contribution in [0.5, 0.6) is 0 Å². The minimum Gasteiger partial charge on any atom is -0.462 e. The SMILES string of the molecule is CCOC(=O)c1ccc(NCc2cc(Br)ccc2Cl)cc1. The van der Waals surface area contributed by atoms with Crippen molar-refractivity contribution in [3.05, 3.63) is 63.1 Å². The Kier molecular flexibility index (Phi) is 5.65. The van der Waals surface area contributed by atoms with Crippen LogP contribution in [0.3, 0.4) is 0 Å². The summed E-state index contributed by atoms with van der Waals surface area (Å²) < 4.78 is 5.93. The van der Waals surface area contributed by atoms with E-state index in [1.165, 1.54) is 0 Å². The molecule has 3 nitrogen and oxygen atoms in total. The van der Waals surface area contributed by atoms with Gasteiger partial charge in [-0.15, -0.1) is 0 Å². The molecular formula is C16H15BrClNO2. The van der Waals surface area contributed by atoms with Crippen molar-refractivity contribution in [1.82, 2.24) is 0 Å². The number of esters is 1. The third-order valence-electron chi connectivity index (χ3n) is 2.89. The van der Waals surface area contributed by atoms with Crippen LogP contribution in [0.25, 0.3) is 0 Å². The maximum Gasteiger partial charge on any atom is 0.338 e. The number of carbonyl (C=O) groups is 1. The smallest absolute Gasteiger partial charge is 0.338 e. The Hall–Kier alpha value is -1.52. The first-order chi connectivity index (χ1) is 10.1. The lowest BCUT2D eigenvalue weighted by Crippen LogP contribution is -2.05. The van der Waals surface area contributed by atoms with Gasteiger partial charge < -0.3 is 10.1 Å². The van der Waals surface area contributed by atoms with Crippen LogP contribution in [0.1, 0.15) is 22.8 Å². The van der Waals surface area contributed by atoms with Crippen LogP contribution in [0, 0.1) is 0 Å². The van der Waals surface area contributed by atoms with E-state index < -0.39 is 0 Å². The molecule has 2 aromatic rings. The van der Waals surface area contributed by atoms with E-state index in [1.807, 2.05) is 30.3 Å². The molecular weight excluding hydrogens is 354 g/mol. The van der Waals surface area contributed by atoms with Crippen molar-refractivity contribution in [1.29, 1.82) is 0 Å². The van der Waals surface area contributed by atoms with Gasteiger partial charge in [-0.05, 0) is 55.0 Å². The summed E-state index contributed by atoms with van der Waals surface area (Å²) in [5.41, 5.74) is 2.46. The zero-order chi connectivity index (χ0) is 15.2.